The molecular formula is C18H23NO. The van der Waals surface area contributed by atoms with Crippen molar-refractivity contribution in [2.24, 2.45) is 11.8 Å². The molecule has 106 valence electrons. The van der Waals surface area contributed by atoms with Gasteiger partial charge in [-0.15, -0.1) is 0 Å². The van der Waals surface area contributed by atoms with Crippen LogP contribution in [0.4, 0.5) is 0 Å². The zero-order valence-corrected chi connectivity index (χ0v) is 12.3. The van der Waals surface area contributed by atoms with E-state index in [9.17, 15) is 5.11 Å². The van der Waals surface area contributed by atoms with Crippen molar-refractivity contribution in [3.8, 4) is 0 Å². The predicted molar refractivity (Wildman–Crippen MR) is 82.6 cm³/mol. The summed E-state index contributed by atoms with van der Waals surface area (Å²) in [6.45, 7) is 4.41. The number of nitrogens with zero attached hydrogens (tertiary/aromatic N) is 1. The molecule has 20 heavy (non-hydrogen) atoms. The van der Waals surface area contributed by atoms with Crippen LogP contribution in [0.2, 0.25) is 0 Å². The monoisotopic (exact) mass is 269 g/mol. The van der Waals surface area contributed by atoms with Gasteiger partial charge in [-0.05, 0) is 49.3 Å². The molecule has 1 fully saturated rings. The third-order valence-electron chi connectivity index (χ3n) is 4.75. The highest BCUT2D eigenvalue weighted by atomic mass is 16.3. The van der Waals surface area contributed by atoms with Gasteiger partial charge in [-0.2, -0.15) is 0 Å². The summed E-state index contributed by atoms with van der Waals surface area (Å²) in [5.41, 5.74) is 3.04. The van der Waals surface area contributed by atoms with E-state index in [0.717, 1.165) is 30.0 Å². The molecule has 1 heterocycles. The van der Waals surface area contributed by atoms with Crippen LogP contribution in [0.25, 0.3) is 10.9 Å². The van der Waals surface area contributed by atoms with Gasteiger partial charge >= 0.3 is 0 Å². The summed E-state index contributed by atoms with van der Waals surface area (Å²) in [5, 5.41) is 11.8. The quantitative estimate of drug-likeness (QED) is 0.876. The molecule has 0 aliphatic heterocycles. The van der Waals surface area contributed by atoms with Crippen molar-refractivity contribution in [1.29, 1.82) is 0 Å². The average molecular weight is 269 g/mol. The molecule has 1 N–H and O–H groups in total. The highest BCUT2D eigenvalue weighted by Crippen LogP contribution is 2.36. The zero-order valence-electron chi connectivity index (χ0n) is 12.3. The highest BCUT2D eigenvalue weighted by Gasteiger charge is 2.26. The van der Waals surface area contributed by atoms with Gasteiger partial charge in [0.15, 0.2) is 0 Å². The van der Waals surface area contributed by atoms with Gasteiger partial charge in [0.2, 0.25) is 0 Å². The lowest BCUT2D eigenvalue weighted by Gasteiger charge is -2.29. The van der Waals surface area contributed by atoms with Gasteiger partial charge < -0.3 is 5.11 Å². The second-order valence-electron chi connectivity index (χ2n) is 6.35. The molecule has 2 nitrogen and oxygen atoms in total. The van der Waals surface area contributed by atoms with E-state index in [-0.39, 0.29) is 0 Å². The number of hydrogen-bond donors (Lipinski definition) is 1. The van der Waals surface area contributed by atoms with E-state index in [2.05, 4.69) is 31.0 Å². The molecule has 1 aromatic carbocycles. The van der Waals surface area contributed by atoms with Crippen LogP contribution in [0.15, 0.2) is 30.3 Å². The van der Waals surface area contributed by atoms with Crippen molar-refractivity contribution < 1.29 is 5.11 Å². The molecule has 2 heteroatoms. The Hall–Kier alpha value is -1.41. The number of aryl methyl sites for hydroxylation is 1. The number of hydrogen-bond acceptors (Lipinski definition) is 2. The summed E-state index contributed by atoms with van der Waals surface area (Å²) in [7, 11) is 0. The third-order valence-corrected chi connectivity index (χ3v) is 4.75. The number of benzene rings is 1. The maximum absolute atomic E-state index is 10.7. The van der Waals surface area contributed by atoms with Gasteiger partial charge in [0.1, 0.15) is 0 Å². The van der Waals surface area contributed by atoms with E-state index in [0.29, 0.717) is 5.92 Å². The van der Waals surface area contributed by atoms with E-state index < -0.39 is 6.10 Å². The molecule has 1 atom stereocenters. The normalized spacial score (nSPS) is 24.8. The van der Waals surface area contributed by atoms with Gasteiger partial charge in [-0.25, -0.2) is 0 Å². The van der Waals surface area contributed by atoms with E-state index in [1.54, 1.807) is 0 Å². The maximum atomic E-state index is 10.7. The predicted octanol–water partition coefficient (Wildman–Crippen LogP) is 4.40. The molecule has 0 amide bonds. The Morgan fingerprint density at radius 2 is 1.85 bits per heavy atom. The molecule has 0 saturated heterocycles. The van der Waals surface area contributed by atoms with Crippen LogP contribution >= 0.6 is 0 Å². The Bertz CT molecular complexity index is 599. The molecule has 1 unspecified atom stereocenters. The summed E-state index contributed by atoms with van der Waals surface area (Å²) < 4.78 is 0. The van der Waals surface area contributed by atoms with E-state index in [1.807, 2.05) is 18.2 Å². The van der Waals surface area contributed by atoms with Gasteiger partial charge in [0.25, 0.3) is 0 Å². The minimum Gasteiger partial charge on any atom is -0.387 e. The number of para-hydroxylation sites is 1. The fraction of sp³-hybridized carbons (Fsp3) is 0.500. The van der Waals surface area contributed by atoms with E-state index in [4.69, 9.17) is 0 Å². The van der Waals surface area contributed by atoms with Crippen molar-refractivity contribution in [1.82, 2.24) is 4.98 Å². The van der Waals surface area contributed by atoms with Gasteiger partial charge in [0.05, 0.1) is 17.3 Å². The molecule has 2 aromatic rings. The van der Waals surface area contributed by atoms with Crippen molar-refractivity contribution in [3.63, 3.8) is 0 Å². The molecule has 3 rings (SSSR count). The number of pyridine rings is 1. The number of fused-ring (bicyclic) bond motifs is 1. The van der Waals surface area contributed by atoms with Crippen LogP contribution in [0.3, 0.4) is 0 Å². The van der Waals surface area contributed by atoms with Crippen molar-refractivity contribution in [2.45, 2.75) is 45.6 Å². The minimum atomic E-state index is -0.411. The van der Waals surface area contributed by atoms with Gasteiger partial charge in [-0.1, -0.05) is 38.0 Å². The first-order valence-electron chi connectivity index (χ1n) is 7.69. The second kappa shape index (κ2) is 5.53. The van der Waals surface area contributed by atoms with E-state index >= 15 is 0 Å². The molecule has 1 aliphatic carbocycles. The minimum absolute atomic E-state index is 0.374. The summed E-state index contributed by atoms with van der Waals surface area (Å²) in [6, 6.07) is 10.2. The average Bonchev–Trinajstić information content (AvgIpc) is 2.47. The second-order valence-corrected chi connectivity index (χ2v) is 6.35. The summed E-state index contributed by atoms with van der Waals surface area (Å²) in [4.78, 5) is 4.68. The van der Waals surface area contributed by atoms with Crippen molar-refractivity contribution in [2.75, 3.05) is 0 Å². The fourth-order valence-electron chi connectivity index (χ4n) is 3.37. The smallest absolute Gasteiger partial charge is 0.0988 e. The van der Waals surface area contributed by atoms with Gasteiger partial charge in [-0.3, -0.25) is 4.98 Å². The summed E-state index contributed by atoms with van der Waals surface area (Å²) in [6.07, 6.45) is 4.29. The van der Waals surface area contributed by atoms with Crippen molar-refractivity contribution in [3.05, 3.63) is 41.6 Å². The molecule has 1 saturated carbocycles. The maximum Gasteiger partial charge on any atom is 0.0988 e. The standard InChI is InChI=1S/C18H23NO/c1-12-7-9-14(10-8-12)18(20)17-11-13(2)15-5-3-4-6-16(15)19-17/h3-6,11-12,14,18,20H,7-10H2,1-2H3. The Balaban J connectivity index is 1.89. The number of aliphatic hydroxyl groups excluding tert-OH is 1. The zero-order chi connectivity index (χ0) is 14.1. The first kappa shape index (κ1) is 13.6. The van der Waals surface area contributed by atoms with Crippen LogP contribution in [0.5, 0.6) is 0 Å². The Morgan fingerprint density at radius 3 is 2.60 bits per heavy atom. The number of aromatic nitrogens is 1. The summed E-state index contributed by atoms with van der Waals surface area (Å²) in [5.74, 6) is 1.18. The molecule has 0 spiro atoms. The highest BCUT2D eigenvalue weighted by molar-refractivity contribution is 5.82. The fourth-order valence-corrected chi connectivity index (χ4v) is 3.37. The molecule has 0 bridgehead atoms. The van der Waals surface area contributed by atoms with Gasteiger partial charge in [0, 0.05) is 5.39 Å². The lowest BCUT2D eigenvalue weighted by molar-refractivity contribution is 0.0723. The number of aliphatic hydroxyl groups is 1. The first-order valence-corrected chi connectivity index (χ1v) is 7.69. The van der Waals surface area contributed by atoms with Crippen LogP contribution < -0.4 is 0 Å². The topological polar surface area (TPSA) is 33.1 Å². The SMILES string of the molecule is Cc1cc(C(O)C2CCC(C)CC2)nc2ccccc12. The Morgan fingerprint density at radius 1 is 1.15 bits per heavy atom. The van der Waals surface area contributed by atoms with Crippen LogP contribution in [-0.2, 0) is 0 Å². The third kappa shape index (κ3) is 2.57. The lowest BCUT2D eigenvalue weighted by Crippen LogP contribution is -2.20. The molecule has 1 aliphatic rings. The van der Waals surface area contributed by atoms with Crippen LogP contribution in [0.1, 0.15) is 50.0 Å². The largest absolute Gasteiger partial charge is 0.387 e. The molecule has 0 radical (unpaired) electrons. The summed E-state index contributed by atoms with van der Waals surface area (Å²) >= 11 is 0. The lowest BCUT2D eigenvalue weighted by atomic mass is 9.79. The Kier molecular flexibility index (Phi) is 3.75. The van der Waals surface area contributed by atoms with Crippen LogP contribution in [-0.4, -0.2) is 10.1 Å². The van der Waals surface area contributed by atoms with Crippen molar-refractivity contribution >= 4 is 10.9 Å². The molecule has 1 aromatic heterocycles. The molecular weight excluding hydrogens is 246 g/mol. The Labute approximate surface area is 120 Å². The number of rotatable bonds is 2. The van der Waals surface area contributed by atoms with Crippen LogP contribution in [0, 0.1) is 18.8 Å². The first-order chi connectivity index (χ1) is 9.65. The van der Waals surface area contributed by atoms with E-state index in [1.165, 1.54) is 23.8 Å².